The number of benzene rings is 2. The molecule has 20 heavy (non-hydrogen) atoms. The van der Waals surface area contributed by atoms with Crippen LogP contribution in [0.15, 0.2) is 36.4 Å². The monoisotopic (exact) mass is 271 g/mol. The average Bonchev–Trinajstić information content (AvgIpc) is 2.48. The van der Waals surface area contributed by atoms with Gasteiger partial charge in [0.25, 0.3) is 0 Å². The Balaban J connectivity index is 2.13. The van der Waals surface area contributed by atoms with Crippen LogP contribution in [-0.2, 0) is 13.2 Å². The first-order chi connectivity index (χ1) is 9.65. The molecule has 3 heteroatoms. The van der Waals surface area contributed by atoms with Gasteiger partial charge >= 0.3 is 0 Å². The number of nitrogens with two attached hydrogens (primary N) is 1. The smallest absolute Gasteiger partial charge is 0.123 e. The molecule has 2 N–H and O–H groups in total. The van der Waals surface area contributed by atoms with Gasteiger partial charge in [-0.05, 0) is 48.7 Å². The fourth-order valence-corrected chi connectivity index (χ4v) is 2.12. The first-order valence-corrected chi connectivity index (χ1v) is 6.70. The van der Waals surface area contributed by atoms with E-state index in [1.54, 1.807) is 7.11 Å². The first kappa shape index (κ1) is 14.4. The van der Waals surface area contributed by atoms with E-state index in [1.165, 1.54) is 11.1 Å². The zero-order valence-corrected chi connectivity index (χ0v) is 12.3. The molecule has 0 amide bonds. The van der Waals surface area contributed by atoms with Crippen molar-refractivity contribution in [1.29, 1.82) is 0 Å². The number of hydrogen-bond donors (Lipinski definition) is 1. The summed E-state index contributed by atoms with van der Waals surface area (Å²) in [4.78, 5) is 0. The maximum absolute atomic E-state index is 5.90. The summed E-state index contributed by atoms with van der Waals surface area (Å²) in [6.07, 6.45) is 0. The lowest BCUT2D eigenvalue weighted by molar-refractivity contribution is 0.303. The lowest BCUT2D eigenvalue weighted by atomic mass is 10.1. The van der Waals surface area contributed by atoms with Gasteiger partial charge in [-0.2, -0.15) is 0 Å². The van der Waals surface area contributed by atoms with Crippen molar-refractivity contribution >= 4 is 0 Å². The van der Waals surface area contributed by atoms with Gasteiger partial charge in [-0.3, -0.25) is 0 Å². The van der Waals surface area contributed by atoms with Gasteiger partial charge < -0.3 is 15.2 Å². The minimum Gasteiger partial charge on any atom is -0.496 e. The first-order valence-electron chi connectivity index (χ1n) is 6.70. The standard InChI is InChI=1S/C17H21NO2/c1-12-5-4-6-16(13(12)2)20-11-14-7-8-17(19-3)15(9-14)10-18/h4-9H,10-11,18H2,1-3H3. The topological polar surface area (TPSA) is 44.5 Å². The van der Waals surface area contributed by atoms with Crippen LogP contribution in [0.1, 0.15) is 22.3 Å². The fraction of sp³-hybridized carbons (Fsp3) is 0.294. The number of aryl methyl sites for hydroxylation is 1. The lowest BCUT2D eigenvalue weighted by Gasteiger charge is -2.12. The van der Waals surface area contributed by atoms with Gasteiger partial charge in [-0.15, -0.1) is 0 Å². The van der Waals surface area contributed by atoms with E-state index in [1.807, 2.05) is 30.3 Å². The molecule has 3 nitrogen and oxygen atoms in total. The number of ether oxygens (including phenoxy) is 2. The number of methoxy groups -OCH3 is 1. The van der Waals surface area contributed by atoms with Crippen LogP contribution < -0.4 is 15.2 Å². The van der Waals surface area contributed by atoms with Crippen LogP contribution in [0.3, 0.4) is 0 Å². The quantitative estimate of drug-likeness (QED) is 0.907. The summed E-state index contributed by atoms with van der Waals surface area (Å²) in [5.41, 5.74) is 10.2. The minimum absolute atomic E-state index is 0.459. The molecular formula is C17H21NO2. The summed E-state index contributed by atoms with van der Waals surface area (Å²) in [6.45, 7) is 5.15. The van der Waals surface area contributed by atoms with Crippen LogP contribution in [-0.4, -0.2) is 7.11 Å². The molecule has 2 rings (SSSR count). The Labute approximate surface area is 120 Å². The van der Waals surface area contributed by atoms with Crippen LogP contribution >= 0.6 is 0 Å². The van der Waals surface area contributed by atoms with Gasteiger partial charge in [-0.25, -0.2) is 0 Å². The van der Waals surface area contributed by atoms with Crippen LogP contribution in [0.25, 0.3) is 0 Å². The Morgan fingerprint density at radius 1 is 1.05 bits per heavy atom. The Morgan fingerprint density at radius 3 is 2.55 bits per heavy atom. The van der Waals surface area contributed by atoms with Gasteiger partial charge in [0.1, 0.15) is 18.1 Å². The van der Waals surface area contributed by atoms with Crippen molar-refractivity contribution in [3.8, 4) is 11.5 Å². The van der Waals surface area contributed by atoms with Crippen molar-refractivity contribution in [3.63, 3.8) is 0 Å². The van der Waals surface area contributed by atoms with E-state index in [0.29, 0.717) is 13.2 Å². The molecule has 0 aliphatic rings. The van der Waals surface area contributed by atoms with Crippen molar-refractivity contribution < 1.29 is 9.47 Å². The van der Waals surface area contributed by atoms with Crippen molar-refractivity contribution in [2.75, 3.05) is 7.11 Å². The predicted molar refractivity (Wildman–Crippen MR) is 81.1 cm³/mol. The molecule has 0 aromatic heterocycles. The van der Waals surface area contributed by atoms with Crippen LogP contribution in [0.4, 0.5) is 0 Å². The summed E-state index contributed by atoms with van der Waals surface area (Å²) < 4.78 is 11.2. The minimum atomic E-state index is 0.459. The molecule has 0 unspecified atom stereocenters. The predicted octanol–water partition coefficient (Wildman–Crippen LogP) is 3.35. The molecule has 0 radical (unpaired) electrons. The van der Waals surface area contributed by atoms with Crippen LogP contribution in [0, 0.1) is 13.8 Å². The Bertz CT molecular complexity index is 594. The van der Waals surface area contributed by atoms with Gasteiger partial charge in [0, 0.05) is 12.1 Å². The van der Waals surface area contributed by atoms with Gasteiger partial charge in [0.05, 0.1) is 7.11 Å². The lowest BCUT2D eigenvalue weighted by Crippen LogP contribution is -2.03. The SMILES string of the molecule is COc1ccc(COc2cccc(C)c2C)cc1CN. The molecule has 2 aromatic rings. The second-order valence-electron chi connectivity index (χ2n) is 4.84. The average molecular weight is 271 g/mol. The van der Waals surface area contributed by atoms with E-state index < -0.39 is 0 Å². The normalized spacial score (nSPS) is 10.4. The van der Waals surface area contributed by atoms with E-state index in [4.69, 9.17) is 15.2 Å². The molecule has 0 fully saturated rings. The summed E-state index contributed by atoms with van der Waals surface area (Å²) in [5.74, 6) is 1.75. The van der Waals surface area contributed by atoms with Crippen LogP contribution in [0.2, 0.25) is 0 Å². The molecule has 0 bridgehead atoms. The highest BCUT2D eigenvalue weighted by molar-refractivity contribution is 5.39. The molecule has 0 atom stereocenters. The number of rotatable bonds is 5. The van der Waals surface area contributed by atoms with E-state index in [-0.39, 0.29) is 0 Å². The molecular weight excluding hydrogens is 250 g/mol. The van der Waals surface area contributed by atoms with E-state index in [2.05, 4.69) is 19.9 Å². The Hall–Kier alpha value is -2.00. The molecule has 0 saturated heterocycles. The maximum atomic E-state index is 5.90. The molecule has 2 aromatic carbocycles. The van der Waals surface area contributed by atoms with Crippen molar-refractivity contribution in [1.82, 2.24) is 0 Å². The molecule has 106 valence electrons. The third kappa shape index (κ3) is 3.11. The van der Waals surface area contributed by atoms with Gasteiger partial charge in [0.15, 0.2) is 0 Å². The van der Waals surface area contributed by atoms with E-state index >= 15 is 0 Å². The molecule has 0 spiro atoms. The second kappa shape index (κ2) is 6.44. The fourth-order valence-electron chi connectivity index (χ4n) is 2.12. The van der Waals surface area contributed by atoms with E-state index in [0.717, 1.165) is 22.6 Å². The summed E-state index contributed by atoms with van der Waals surface area (Å²) in [7, 11) is 1.65. The third-order valence-electron chi connectivity index (χ3n) is 3.51. The van der Waals surface area contributed by atoms with Gasteiger partial charge in [-0.1, -0.05) is 18.2 Å². The highest BCUT2D eigenvalue weighted by Crippen LogP contribution is 2.23. The third-order valence-corrected chi connectivity index (χ3v) is 3.51. The molecule has 0 saturated carbocycles. The van der Waals surface area contributed by atoms with Crippen molar-refractivity contribution in [2.24, 2.45) is 5.73 Å². The maximum Gasteiger partial charge on any atom is 0.123 e. The molecule has 0 aliphatic heterocycles. The summed E-state index contributed by atoms with van der Waals surface area (Å²) in [5, 5.41) is 0. The Morgan fingerprint density at radius 2 is 1.85 bits per heavy atom. The summed E-state index contributed by atoms with van der Waals surface area (Å²) in [6, 6.07) is 12.1. The largest absolute Gasteiger partial charge is 0.496 e. The summed E-state index contributed by atoms with van der Waals surface area (Å²) >= 11 is 0. The zero-order valence-electron chi connectivity index (χ0n) is 12.3. The number of hydrogen-bond acceptors (Lipinski definition) is 3. The molecule has 0 heterocycles. The van der Waals surface area contributed by atoms with Crippen molar-refractivity contribution in [3.05, 3.63) is 58.7 Å². The van der Waals surface area contributed by atoms with E-state index in [9.17, 15) is 0 Å². The van der Waals surface area contributed by atoms with Crippen molar-refractivity contribution in [2.45, 2.75) is 27.0 Å². The molecule has 0 aliphatic carbocycles. The second-order valence-corrected chi connectivity index (χ2v) is 4.84. The zero-order chi connectivity index (χ0) is 14.5. The van der Waals surface area contributed by atoms with Gasteiger partial charge in [0.2, 0.25) is 0 Å². The Kier molecular flexibility index (Phi) is 4.64. The van der Waals surface area contributed by atoms with Crippen LogP contribution in [0.5, 0.6) is 11.5 Å². The highest BCUT2D eigenvalue weighted by atomic mass is 16.5. The highest BCUT2D eigenvalue weighted by Gasteiger charge is 2.05.